The fraction of sp³-hybridized carbons (Fsp3) is 0.250. The van der Waals surface area contributed by atoms with Gasteiger partial charge in [-0.15, -0.1) is 0 Å². The Bertz CT molecular complexity index is 1260. The first-order valence-corrected chi connectivity index (χ1v) is 11.4. The van der Waals surface area contributed by atoms with E-state index in [9.17, 15) is 19.7 Å². The lowest BCUT2D eigenvalue weighted by molar-refractivity contribution is -0.387. The average molecular weight is 465 g/mol. The molecule has 3 aromatic rings. The van der Waals surface area contributed by atoms with Crippen molar-refractivity contribution in [2.24, 2.45) is 7.05 Å². The number of fused-ring (bicyclic) bond motifs is 1. The summed E-state index contributed by atoms with van der Waals surface area (Å²) in [6.07, 6.45) is 5.00. The fourth-order valence-corrected chi connectivity index (χ4v) is 4.78. The summed E-state index contributed by atoms with van der Waals surface area (Å²) in [4.78, 5) is 40.1. The molecule has 0 bridgehead atoms. The number of aromatic nitrogens is 1. The molecule has 1 aliphatic heterocycles. The van der Waals surface area contributed by atoms with Crippen LogP contribution < -0.4 is 0 Å². The Labute approximate surface area is 195 Å². The summed E-state index contributed by atoms with van der Waals surface area (Å²) >= 11 is 1.34. The molecule has 1 saturated heterocycles. The molecule has 2 amide bonds. The summed E-state index contributed by atoms with van der Waals surface area (Å²) in [5, 5.41) is 12.8. The van der Waals surface area contributed by atoms with Gasteiger partial charge < -0.3 is 14.4 Å². The zero-order valence-electron chi connectivity index (χ0n) is 18.4. The normalized spacial score (nSPS) is 14.2. The maximum atomic E-state index is 12.5. The molecule has 1 aromatic heterocycles. The van der Waals surface area contributed by atoms with E-state index in [0.29, 0.717) is 36.6 Å². The molecule has 0 spiro atoms. The van der Waals surface area contributed by atoms with Crippen LogP contribution in [0.4, 0.5) is 5.69 Å². The molecule has 1 aliphatic rings. The molecule has 2 aromatic carbocycles. The standard InChI is InChI=1S/C24H24N4O4S/c1-17(29)26-11-13-27(14-12-26)24(30)8-4-18-3-7-23(22(15-18)28(31)32)33-20-5-6-21-19(16-20)9-10-25(21)2/h3-10,15-16H,11-14H2,1-2H3/b8-4+. The molecule has 2 heterocycles. The predicted molar refractivity (Wildman–Crippen MR) is 128 cm³/mol. The van der Waals surface area contributed by atoms with E-state index in [1.165, 1.54) is 30.8 Å². The molecule has 0 aliphatic carbocycles. The van der Waals surface area contributed by atoms with Gasteiger partial charge in [-0.05, 0) is 42.0 Å². The zero-order chi connectivity index (χ0) is 23.5. The maximum Gasteiger partial charge on any atom is 0.283 e. The second kappa shape index (κ2) is 9.50. The van der Waals surface area contributed by atoms with Crippen LogP contribution in [0.1, 0.15) is 12.5 Å². The van der Waals surface area contributed by atoms with E-state index in [0.717, 1.165) is 15.8 Å². The first-order valence-electron chi connectivity index (χ1n) is 10.6. The predicted octanol–water partition coefficient (Wildman–Crippen LogP) is 3.94. The van der Waals surface area contributed by atoms with Crippen molar-refractivity contribution in [3.05, 3.63) is 70.4 Å². The Morgan fingerprint density at radius 2 is 1.76 bits per heavy atom. The van der Waals surface area contributed by atoms with Crippen LogP contribution in [0.3, 0.4) is 0 Å². The van der Waals surface area contributed by atoms with E-state index in [2.05, 4.69) is 0 Å². The number of nitro benzene ring substituents is 1. The molecular formula is C24H24N4O4S. The largest absolute Gasteiger partial charge is 0.351 e. The molecule has 0 unspecified atom stereocenters. The van der Waals surface area contributed by atoms with Gasteiger partial charge in [0.2, 0.25) is 11.8 Å². The number of piperazine rings is 1. The number of hydrogen-bond acceptors (Lipinski definition) is 5. The lowest BCUT2D eigenvalue weighted by atomic mass is 10.2. The second-order valence-electron chi connectivity index (χ2n) is 7.90. The molecule has 170 valence electrons. The number of hydrogen-bond donors (Lipinski definition) is 0. The summed E-state index contributed by atoms with van der Waals surface area (Å²) in [5.74, 6) is -0.165. The zero-order valence-corrected chi connectivity index (χ0v) is 19.2. The van der Waals surface area contributed by atoms with Crippen LogP contribution in [-0.4, -0.2) is 57.3 Å². The molecule has 0 radical (unpaired) electrons. The van der Waals surface area contributed by atoms with E-state index in [1.807, 2.05) is 42.1 Å². The third kappa shape index (κ3) is 5.09. The molecule has 1 fully saturated rings. The lowest BCUT2D eigenvalue weighted by Gasteiger charge is -2.33. The molecule has 0 N–H and O–H groups in total. The highest BCUT2D eigenvalue weighted by Gasteiger charge is 2.21. The van der Waals surface area contributed by atoms with Gasteiger partial charge in [0, 0.05) is 74.3 Å². The van der Waals surface area contributed by atoms with Gasteiger partial charge in [-0.25, -0.2) is 0 Å². The third-order valence-corrected chi connectivity index (χ3v) is 6.77. The first-order chi connectivity index (χ1) is 15.8. The van der Waals surface area contributed by atoms with Crippen molar-refractivity contribution < 1.29 is 14.5 Å². The van der Waals surface area contributed by atoms with E-state index in [1.54, 1.807) is 28.0 Å². The minimum absolute atomic E-state index is 0.00201. The number of aryl methyl sites for hydroxylation is 1. The van der Waals surface area contributed by atoms with Gasteiger partial charge in [-0.1, -0.05) is 17.8 Å². The molecule has 33 heavy (non-hydrogen) atoms. The molecule has 0 saturated carbocycles. The van der Waals surface area contributed by atoms with Crippen molar-refractivity contribution in [2.45, 2.75) is 16.7 Å². The summed E-state index contributed by atoms with van der Waals surface area (Å²) in [6.45, 7) is 3.50. The number of nitrogens with zero attached hydrogens (tertiary/aromatic N) is 4. The van der Waals surface area contributed by atoms with Crippen molar-refractivity contribution in [1.82, 2.24) is 14.4 Å². The van der Waals surface area contributed by atoms with Crippen molar-refractivity contribution in [2.75, 3.05) is 26.2 Å². The smallest absolute Gasteiger partial charge is 0.283 e. The van der Waals surface area contributed by atoms with Crippen molar-refractivity contribution in [3.8, 4) is 0 Å². The number of benzene rings is 2. The maximum absolute atomic E-state index is 12.5. The average Bonchev–Trinajstić information content (AvgIpc) is 3.18. The van der Waals surface area contributed by atoms with Crippen LogP contribution in [-0.2, 0) is 16.6 Å². The minimum atomic E-state index is -0.399. The number of carbonyl (C=O) groups excluding carboxylic acids is 2. The van der Waals surface area contributed by atoms with Crippen LogP contribution in [0.5, 0.6) is 0 Å². The van der Waals surface area contributed by atoms with E-state index in [-0.39, 0.29) is 17.5 Å². The topological polar surface area (TPSA) is 88.7 Å². The first kappa shape index (κ1) is 22.6. The Kier molecular flexibility index (Phi) is 6.50. The quantitative estimate of drug-likeness (QED) is 0.324. The van der Waals surface area contributed by atoms with Crippen molar-refractivity contribution >= 4 is 46.2 Å². The highest BCUT2D eigenvalue weighted by Crippen LogP contribution is 2.36. The molecule has 0 atom stereocenters. The van der Waals surface area contributed by atoms with Gasteiger partial charge in [0.05, 0.1) is 9.82 Å². The summed E-state index contributed by atoms with van der Waals surface area (Å²) < 4.78 is 2.03. The molecular weight excluding hydrogens is 440 g/mol. The van der Waals surface area contributed by atoms with Crippen LogP contribution in [0.15, 0.2) is 64.5 Å². The summed E-state index contributed by atoms with van der Waals surface area (Å²) in [6, 6.07) is 13.0. The Morgan fingerprint density at radius 1 is 1.03 bits per heavy atom. The molecule has 4 rings (SSSR count). The van der Waals surface area contributed by atoms with E-state index < -0.39 is 4.92 Å². The second-order valence-corrected chi connectivity index (χ2v) is 9.01. The van der Waals surface area contributed by atoms with Gasteiger partial charge in [0.25, 0.3) is 5.69 Å². The number of amides is 2. The van der Waals surface area contributed by atoms with Crippen LogP contribution in [0.2, 0.25) is 0 Å². The third-order valence-electron chi connectivity index (χ3n) is 5.72. The van der Waals surface area contributed by atoms with E-state index in [4.69, 9.17) is 0 Å². The summed E-state index contributed by atoms with van der Waals surface area (Å²) in [5.41, 5.74) is 1.68. The minimum Gasteiger partial charge on any atom is -0.351 e. The monoisotopic (exact) mass is 464 g/mol. The Balaban J connectivity index is 1.47. The van der Waals surface area contributed by atoms with Gasteiger partial charge in [-0.2, -0.15) is 0 Å². The van der Waals surface area contributed by atoms with E-state index >= 15 is 0 Å². The van der Waals surface area contributed by atoms with Crippen LogP contribution in [0, 0.1) is 10.1 Å². The van der Waals surface area contributed by atoms with Gasteiger partial charge in [0.1, 0.15) is 0 Å². The van der Waals surface area contributed by atoms with Gasteiger partial charge >= 0.3 is 0 Å². The fourth-order valence-electron chi connectivity index (χ4n) is 3.83. The number of nitro groups is 1. The number of rotatable bonds is 5. The number of carbonyl (C=O) groups is 2. The Hall–Kier alpha value is -3.59. The highest BCUT2D eigenvalue weighted by atomic mass is 32.2. The SMILES string of the molecule is CC(=O)N1CCN(C(=O)/C=C/c2ccc(Sc3ccc4c(ccn4C)c3)c([N+](=O)[O-])c2)CC1. The highest BCUT2D eigenvalue weighted by molar-refractivity contribution is 7.99. The molecule has 8 nitrogen and oxygen atoms in total. The van der Waals surface area contributed by atoms with Crippen molar-refractivity contribution in [3.63, 3.8) is 0 Å². The Morgan fingerprint density at radius 3 is 2.45 bits per heavy atom. The van der Waals surface area contributed by atoms with Crippen molar-refractivity contribution in [1.29, 1.82) is 0 Å². The molecule has 9 heteroatoms. The van der Waals surface area contributed by atoms with Crippen LogP contribution >= 0.6 is 11.8 Å². The van der Waals surface area contributed by atoms with Gasteiger partial charge in [-0.3, -0.25) is 19.7 Å². The summed E-state index contributed by atoms with van der Waals surface area (Å²) in [7, 11) is 1.98. The lowest BCUT2D eigenvalue weighted by Crippen LogP contribution is -2.49. The van der Waals surface area contributed by atoms with Crippen LogP contribution in [0.25, 0.3) is 17.0 Å². The van der Waals surface area contributed by atoms with Gasteiger partial charge in [0.15, 0.2) is 0 Å².